The second-order valence-electron chi connectivity index (χ2n) is 7.62. The summed E-state index contributed by atoms with van der Waals surface area (Å²) in [6.45, 7) is 4.26. The lowest BCUT2D eigenvalue weighted by molar-refractivity contribution is -0.134. The van der Waals surface area contributed by atoms with Crippen LogP contribution in [0, 0.1) is 5.82 Å². The summed E-state index contributed by atoms with van der Waals surface area (Å²) in [5.74, 6) is 0.226. The number of aromatic nitrogens is 2. The van der Waals surface area contributed by atoms with E-state index in [2.05, 4.69) is 24.0 Å². The number of rotatable bonds is 4. The SMILES string of the molecule is C[C@@H]1CCC[C@H](C)N1C(=O)CSc1nnc(-c2ccc(F)cc2)c2ccccc12. The molecule has 6 heteroatoms. The van der Waals surface area contributed by atoms with Crippen molar-refractivity contribution in [3.05, 3.63) is 54.3 Å². The van der Waals surface area contributed by atoms with Gasteiger partial charge in [-0.15, -0.1) is 10.2 Å². The summed E-state index contributed by atoms with van der Waals surface area (Å²) in [4.78, 5) is 14.9. The third-order valence-corrected chi connectivity index (χ3v) is 6.55. The van der Waals surface area contributed by atoms with E-state index in [9.17, 15) is 9.18 Å². The zero-order valence-electron chi connectivity index (χ0n) is 16.6. The standard InChI is InChI=1S/C23H24FN3OS/c1-15-6-5-7-16(2)27(15)21(28)14-29-23-20-9-4-3-8-19(20)22(25-26-23)17-10-12-18(24)13-11-17/h3-4,8-13,15-16H,5-7,14H2,1-2H3/t15-,16+. The molecule has 0 N–H and O–H groups in total. The summed E-state index contributed by atoms with van der Waals surface area (Å²) >= 11 is 1.44. The molecule has 0 spiro atoms. The van der Waals surface area contributed by atoms with Crippen LogP contribution < -0.4 is 0 Å². The second-order valence-corrected chi connectivity index (χ2v) is 8.59. The van der Waals surface area contributed by atoms with Gasteiger partial charge in [-0.2, -0.15) is 0 Å². The van der Waals surface area contributed by atoms with Crippen molar-refractivity contribution in [2.24, 2.45) is 0 Å². The first kappa shape index (κ1) is 19.8. The Morgan fingerprint density at radius 1 is 1.03 bits per heavy atom. The Morgan fingerprint density at radius 2 is 1.69 bits per heavy atom. The minimum atomic E-state index is -0.280. The first-order chi connectivity index (χ1) is 14.0. The van der Waals surface area contributed by atoms with E-state index in [-0.39, 0.29) is 23.8 Å². The zero-order chi connectivity index (χ0) is 20.4. The zero-order valence-corrected chi connectivity index (χ0v) is 17.5. The van der Waals surface area contributed by atoms with Crippen molar-refractivity contribution in [3.63, 3.8) is 0 Å². The van der Waals surface area contributed by atoms with Crippen LogP contribution in [-0.2, 0) is 4.79 Å². The molecule has 0 unspecified atom stereocenters. The van der Waals surface area contributed by atoms with E-state index < -0.39 is 0 Å². The molecule has 1 aliphatic rings. The highest BCUT2D eigenvalue weighted by molar-refractivity contribution is 8.00. The smallest absolute Gasteiger partial charge is 0.233 e. The number of piperidine rings is 1. The van der Waals surface area contributed by atoms with E-state index in [1.54, 1.807) is 12.1 Å². The van der Waals surface area contributed by atoms with E-state index in [1.165, 1.54) is 30.3 Å². The first-order valence-electron chi connectivity index (χ1n) is 10.00. The lowest BCUT2D eigenvalue weighted by Gasteiger charge is -2.39. The molecule has 3 aromatic rings. The number of amides is 1. The molecule has 4 nitrogen and oxygen atoms in total. The molecule has 1 aromatic heterocycles. The van der Waals surface area contributed by atoms with Crippen LogP contribution in [0.2, 0.25) is 0 Å². The number of carbonyl (C=O) groups excluding carboxylic acids is 1. The normalized spacial score (nSPS) is 19.5. The van der Waals surface area contributed by atoms with Crippen LogP contribution in [0.3, 0.4) is 0 Å². The molecule has 4 rings (SSSR count). The minimum absolute atomic E-state index is 0.156. The van der Waals surface area contributed by atoms with Gasteiger partial charge in [-0.25, -0.2) is 4.39 Å². The molecule has 29 heavy (non-hydrogen) atoms. The summed E-state index contributed by atoms with van der Waals surface area (Å²) in [5, 5.41) is 11.5. The molecule has 1 amide bonds. The number of benzene rings is 2. The lowest BCUT2D eigenvalue weighted by Crippen LogP contribution is -2.48. The largest absolute Gasteiger partial charge is 0.337 e. The summed E-state index contributed by atoms with van der Waals surface area (Å²) in [5.41, 5.74) is 1.54. The van der Waals surface area contributed by atoms with E-state index in [4.69, 9.17) is 0 Å². The fourth-order valence-corrected chi connectivity index (χ4v) is 4.97. The molecule has 0 bridgehead atoms. The Morgan fingerprint density at radius 3 is 2.38 bits per heavy atom. The second kappa shape index (κ2) is 8.49. The molecule has 0 radical (unpaired) electrons. The monoisotopic (exact) mass is 409 g/mol. The van der Waals surface area contributed by atoms with Gasteiger partial charge in [0.15, 0.2) is 0 Å². The van der Waals surface area contributed by atoms with E-state index >= 15 is 0 Å². The molecule has 1 saturated heterocycles. The molecule has 1 aliphatic heterocycles. The maximum Gasteiger partial charge on any atom is 0.233 e. The van der Waals surface area contributed by atoms with Crippen molar-refractivity contribution in [1.29, 1.82) is 0 Å². The maximum absolute atomic E-state index is 13.3. The fourth-order valence-electron chi connectivity index (χ4n) is 4.12. The molecule has 1 fully saturated rings. The maximum atomic E-state index is 13.3. The number of thioether (sulfide) groups is 1. The molecule has 2 atom stereocenters. The molecule has 2 heterocycles. The third-order valence-electron chi connectivity index (χ3n) is 5.58. The van der Waals surface area contributed by atoms with Gasteiger partial charge in [0.25, 0.3) is 0 Å². The Bertz CT molecular complexity index is 1010. The lowest BCUT2D eigenvalue weighted by atomic mass is 9.98. The molecule has 0 saturated carbocycles. The van der Waals surface area contributed by atoms with Crippen molar-refractivity contribution >= 4 is 28.4 Å². The highest BCUT2D eigenvalue weighted by Crippen LogP contribution is 2.32. The van der Waals surface area contributed by atoms with E-state index in [1.807, 2.05) is 29.2 Å². The summed E-state index contributed by atoms with van der Waals surface area (Å²) in [6.07, 6.45) is 3.31. The van der Waals surface area contributed by atoms with Gasteiger partial charge in [-0.05, 0) is 57.4 Å². The van der Waals surface area contributed by atoms with Gasteiger partial charge in [0.2, 0.25) is 5.91 Å². The van der Waals surface area contributed by atoms with Gasteiger partial charge in [-0.3, -0.25) is 4.79 Å². The molecular formula is C23H24FN3OS. The quantitative estimate of drug-likeness (QED) is 0.547. The van der Waals surface area contributed by atoms with Crippen molar-refractivity contribution < 1.29 is 9.18 Å². The average Bonchev–Trinajstić information content (AvgIpc) is 2.72. The number of fused-ring (bicyclic) bond motifs is 1. The topological polar surface area (TPSA) is 46.1 Å². The van der Waals surface area contributed by atoms with Crippen LogP contribution in [0.4, 0.5) is 4.39 Å². The van der Waals surface area contributed by atoms with Crippen molar-refractivity contribution in [3.8, 4) is 11.3 Å². The number of hydrogen-bond acceptors (Lipinski definition) is 4. The van der Waals surface area contributed by atoms with Gasteiger partial charge in [-0.1, -0.05) is 36.0 Å². The van der Waals surface area contributed by atoms with Crippen LogP contribution >= 0.6 is 11.8 Å². The van der Waals surface area contributed by atoms with Crippen LogP contribution in [-0.4, -0.2) is 38.8 Å². The summed E-state index contributed by atoms with van der Waals surface area (Å²) < 4.78 is 13.3. The number of nitrogens with zero attached hydrogens (tertiary/aromatic N) is 3. The molecular weight excluding hydrogens is 385 g/mol. The molecule has 150 valence electrons. The molecule has 2 aromatic carbocycles. The Hall–Kier alpha value is -2.47. The van der Waals surface area contributed by atoms with Gasteiger partial charge >= 0.3 is 0 Å². The summed E-state index contributed by atoms with van der Waals surface area (Å²) in [7, 11) is 0. The van der Waals surface area contributed by atoms with E-state index in [0.717, 1.165) is 39.9 Å². The fraction of sp³-hybridized carbons (Fsp3) is 0.348. The predicted octanol–water partition coefficient (Wildman–Crippen LogP) is 5.32. The van der Waals surface area contributed by atoms with Crippen LogP contribution in [0.5, 0.6) is 0 Å². The highest BCUT2D eigenvalue weighted by atomic mass is 32.2. The predicted molar refractivity (Wildman–Crippen MR) is 115 cm³/mol. The number of hydrogen-bond donors (Lipinski definition) is 0. The van der Waals surface area contributed by atoms with Gasteiger partial charge < -0.3 is 4.90 Å². The number of halogens is 1. The van der Waals surface area contributed by atoms with Crippen molar-refractivity contribution in [1.82, 2.24) is 15.1 Å². The van der Waals surface area contributed by atoms with Gasteiger partial charge in [0.05, 0.1) is 5.75 Å². The Balaban J connectivity index is 1.59. The Labute approximate surface area is 174 Å². The van der Waals surface area contributed by atoms with Crippen LogP contribution in [0.25, 0.3) is 22.0 Å². The Kier molecular flexibility index (Phi) is 5.81. The van der Waals surface area contributed by atoms with Crippen molar-refractivity contribution in [2.75, 3.05) is 5.75 Å². The number of carbonyl (C=O) groups is 1. The average molecular weight is 410 g/mol. The van der Waals surface area contributed by atoms with E-state index in [0.29, 0.717) is 5.75 Å². The van der Waals surface area contributed by atoms with Crippen LogP contribution in [0.1, 0.15) is 33.1 Å². The summed E-state index contributed by atoms with van der Waals surface area (Å²) in [6, 6.07) is 14.7. The van der Waals surface area contributed by atoms with Crippen molar-refractivity contribution in [2.45, 2.75) is 50.2 Å². The van der Waals surface area contributed by atoms with Gasteiger partial charge in [0, 0.05) is 28.4 Å². The van der Waals surface area contributed by atoms with Gasteiger partial charge in [0.1, 0.15) is 16.5 Å². The minimum Gasteiger partial charge on any atom is -0.337 e. The number of likely N-dealkylation sites (tertiary alicyclic amines) is 1. The highest BCUT2D eigenvalue weighted by Gasteiger charge is 2.28. The third kappa shape index (κ3) is 4.13. The molecule has 0 aliphatic carbocycles. The first-order valence-corrected chi connectivity index (χ1v) is 11.0. The van der Waals surface area contributed by atoms with Crippen LogP contribution in [0.15, 0.2) is 53.6 Å².